The summed E-state index contributed by atoms with van der Waals surface area (Å²) in [5, 5.41) is 14.4. The van der Waals surface area contributed by atoms with Crippen molar-refractivity contribution in [2.24, 2.45) is 0 Å². The molecule has 0 unspecified atom stereocenters. The van der Waals surface area contributed by atoms with Crippen LogP contribution in [0, 0.1) is 0 Å². The summed E-state index contributed by atoms with van der Waals surface area (Å²) >= 11 is 1.16. The topological polar surface area (TPSA) is 93.2 Å². The predicted molar refractivity (Wildman–Crippen MR) is 112 cm³/mol. The Hall–Kier alpha value is -3.26. The summed E-state index contributed by atoms with van der Waals surface area (Å²) in [5.41, 5.74) is 1.00. The van der Waals surface area contributed by atoms with Crippen LogP contribution < -0.4 is 15.4 Å². The zero-order valence-electron chi connectivity index (χ0n) is 16.2. The second-order valence-corrected chi connectivity index (χ2v) is 7.48. The van der Waals surface area contributed by atoms with E-state index in [0.29, 0.717) is 16.3 Å². The van der Waals surface area contributed by atoms with Gasteiger partial charge in [0.1, 0.15) is 12.4 Å². The van der Waals surface area contributed by atoms with E-state index in [0.717, 1.165) is 23.5 Å². The van der Waals surface area contributed by atoms with Crippen LogP contribution in [0.4, 0.5) is 5.69 Å². The number of hydrogen-bond donors (Lipinski definition) is 2. The first-order chi connectivity index (χ1) is 14.0. The number of aromatic nitrogens is 2. The molecule has 2 amide bonds. The van der Waals surface area contributed by atoms with Gasteiger partial charge in [0.25, 0.3) is 11.8 Å². The third-order valence-corrected chi connectivity index (χ3v) is 5.03. The van der Waals surface area contributed by atoms with Gasteiger partial charge < -0.3 is 15.4 Å². The number of ether oxygens (including phenoxy) is 1. The van der Waals surface area contributed by atoms with E-state index in [1.54, 1.807) is 24.3 Å². The van der Waals surface area contributed by atoms with Gasteiger partial charge in [-0.25, -0.2) is 0 Å². The molecule has 7 nitrogen and oxygen atoms in total. The van der Waals surface area contributed by atoms with Crippen molar-refractivity contribution < 1.29 is 14.3 Å². The van der Waals surface area contributed by atoms with Gasteiger partial charge in [-0.1, -0.05) is 42.5 Å². The Bertz CT molecular complexity index is 975. The van der Waals surface area contributed by atoms with Crippen LogP contribution in [-0.2, 0) is 6.61 Å². The molecule has 3 rings (SSSR count). The van der Waals surface area contributed by atoms with Crippen molar-refractivity contribution in [1.29, 1.82) is 0 Å². The number of nitrogens with zero attached hydrogens (tertiary/aromatic N) is 2. The lowest BCUT2D eigenvalue weighted by Gasteiger charge is -2.12. The van der Waals surface area contributed by atoms with Gasteiger partial charge in [0.15, 0.2) is 5.01 Å². The van der Waals surface area contributed by atoms with Gasteiger partial charge in [-0.3, -0.25) is 9.59 Å². The molecule has 0 aliphatic rings. The first kappa shape index (κ1) is 20.5. The molecule has 0 aliphatic heterocycles. The normalized spacial score (nSPS) is 11.5. The molecule has 0 fully saturated rings. The Morgan fingerprint density at radius 3 is 2.62 bits per heavy atom. The van der Waals surface area contributed by atoms with E-state index < -0.39 is 0 Å². The fourth-order valence-electron chi connectivity index (χ4n) is 2.40. The molecular formula is C21H22N4O3S. The van der Waals surface area contributed by atoms with Crippen molar-refractivity contribution in [2.45, 2.75) is 32.9 Å². The summed E-state index contributed by atoms with van der Waals surface area (Å²) in [6.07, 6.45) is 0.843. The first-order valence-corrected chi connectivity index (χ1v) is 10.1. The van der Waals surface area contributed by atoms with Crippen LogP contribution in [0.1, 0.15) is 45.4 Å². The quantitative estimate of drug-likeness (QED) is 0.587. The number of nitrogens with one attached hydrogen (secondary N) is 2. The van der Waals surface area contributed by atoms with Gasteiger partial charge in [0, 0.05) is 17.3 Å². The lowest BCUT2D eigenvalue weighted by atomic mass is 10.1. The maximum Gasteiger partial charge on any atom is 0.286 e. The Kier molecular flexibility index (Phi) is 6.91. The van der Waals surface area contributed by atoms with Gasteiger partial charge in [-0.15, -0.1) is 10.2 Å². The third kappa shape index (κ3) is 5.86. The Labute approximate surface area is 173 Å². The van der Waals surface area contributed by atoms with Crippen molar-refractivity contribution in [1.82, 2.24) is 15.5 Å². The SMILES string of the molecule is CC[C@@H](C)NC(=O)c1cccc(NC(=O)c2nnc(COc3ccccc3)s2)c1. The zero-order chi connectivity index (χ0) is 20.6. The highest BCUT2D eigenvalue weighted by Crippen LogP contribution is 2.17. The molecule has 29 heavy (non-hydrogen) atoms. The van der Waals surface area contributed by atoms with E-state index >= 15 is 0 Å². The maximum atomic E-state index is 12.5. The monoisotopic (exact) mass is 410 g/mol. The van der Waals surface area contributed by atoms with E-state index in [2.05, 4.69) is 20.8 Å². The van der Waals surface area contributed by atoms with Crippen LogP contribution in [0.5, 0.6) is 5.75 Å². The fraction of sp³-hybridized carbons (Fsp3) is 0.238. The fourth-order valence-corrected chi connectivity index (χ4v) is 3.05. The number of para-hydroxylation sites is 1. The van der Waals surface area contributed by atoms with Crippen molar-refractivity contribution >= 4 is 28.8 Å². The van der Waals surface area contributed by atoms with Crippen molar-refractivity contribution in [3.05, 3.63) is 70.2 Å². The minimum Gasteiger partial charge on any atom is -0.486 e. The summed E-state index contributed by atoms with van der Waals surface area (Å²) in [6.45, 7) is 4.18. The number of amides is 2. The molecule has 1 heterocycles. The molecule has 1 atom stereocenters. The Balaban J connectivity index is 1.60. The Morgan fingerprint density at radius 1 is 1.07 bits per heavy atom. The van der Waals surface area contributed by atoms with Crippen molar-refractivity contribution in [2.75, 3.05) is 5.32 Å². The molecule has 2 N–H and O–H groups in total. The summed E-state index contributed by atoms with van der Waals surface area (Å²) in [7, 11) is 0. The van der Waals surface area contributed by atoms with E-state index in [1.165, 1.54) is 0 Å². The molecule has 0 bridgehead atoms. The second kappa shape index (κ2) is 9.79. The summed E-state index contributed by atoms with van der Waals surface area (Å²) < 4.78 is 5.62. The number of anilines is 1. The molecule has 0 radical (unpaired) electrons. The van der Waals surface area contributed by atoms with Gasteiger partial charge in [-0.05, 0) is 43.7 Å². The van der Waals surface area contributed by atoms with E-state index in [1.807, 2.05) is 44.2 Å². The lowest BCUT2D eigenvalue weighted by Crippen LogP contribution is -2.31. The molecule has 150 valence electrons. The van der Waals surface area contributed by atoms with Crippen molar-refractivity contribution in [3.63, 3.8) is 0 Å². The molecule has 1 aromatic heterocycles. The third-order valence-electron chi connectivity index (χ3n) is 4.14. The molecule has 0 spiro atoms. The summed E-state index contributed by atoms with van der Waals surface area (Å²) in [4.78, 5) is 24.7. The molecule has 0 aliphatic carbocycles. The van der Waals surface area contributed by atoms with E-state index in [4.69, 9.17) is 4.74 Å². The highest BCUT2D eigenvalue weighted by molar-refractivity contribution is 7.13. The Morgan fingerprint density at radius 2 is 1.86 bits per heavy atom. The van der Waals surface area contributed by atoms with Gasteiger partial charge in [0.2, 0.25) is 5.01 Å². The lowest BCUT2D eigenvalue weighted by molar-refractivity contribution is 0.0938. The minimum atomic E-state index is -0.382. The van der Waals surface area contributed by atoms with Gasteiger partial charge in [-0.2, -0.15) is 0 Å². The van der Waals surface area contributed by atoms with Crippen LogP contribution in [0.25, 0.3) is 0 Å². The smallest absolute Gasteiger partial charge is 0.286 e. The maximum absolute atomic E-state index is 12.5. The molecule has 0 saturated heterocycles. The first-order valence-electron chi connectivity index (χ1n) is 9.27. The molecular weight excluding hydrogens is 388 g/mol. The molecule has 3 aromatic rings. The number of carbonyl (C=O) groups excluding carboxylic acids is 2. The number of carbonyl (C=O) groups is 2. The minimum absolute atomic E-state index is 0.0821. The highest BCUT2D eigenvalue weighted by Gasteiger charge is 2.15. The van der Waals surface area contributed by atoms with Crippen LogP contribution in [-0.4, -0.2) is 28.1 Å². The van der Waals surface area contributed by atoms with Gasteiger partial charge >= 0.3 is 0 Å². The standard InChI is InChI=1S/C21H22N4O3S/c1-3-14(2)22-19(26)15-8-7-9-16(12-15)23-20(27)21-25-24-18(29-21)13-28-17-10-5-4-6-11-17/h4-12,14H,3,13H2,1-2H3,(H,22,26)(H,23,27)/t14-/m1/s1. The molecule has 8 heteroatoms. The average Bonchev–Trinajstić information content (AvgIpc) is 3.22. The number of hydrogen-bond acceptors (Lipinski definition) is 6. The number of benzene rings is 2. The van der Waals surface area contributed by atoms with Crippen LogP contribution in [0.2, 0.25) is 0 Å². The van der Waals surface area contributed by atoms with Crippen LogP contribution in [0.3, 0.4) is 0 Å². The van der Waals surface area contributed by atoms with Crippen molar-refractivity contribution in [3.8, 4) is 5.75 Å². The van der Waals surface area contributed by atoms with E-state index in [-0.39, 0.29) is 29.5 Å². The average molecular weight is 410 g/mol. The molecule has 2 aromatic carbocycles. The predicted octanol–water partition coefficient (Wildman–Crippen LogP) is 3.90. The summed E-state index contributed by atoms with van der Waals surface area (Å²) in [6, 6.07) is 16.2. The largest absolute Gasteiger partial charge is 0.486 e. The summed E-state index contributed by atoms with van der Waals surface area (Å²) in [5.74, 6) is 0.167. The molecule has 0 saturated carbocycles. The second-order valence-electron chi connectivity index (χ2n) is 6.42. The number of rotatable bonds is 8. The van der Waals surface area contributed by atoms with Crippen LogP contribution in [0.15, 0.2) is 54.6 Å². The zero-order valence-corrected chi connectivity index (χ0v) is 17.0. The van der Waals surface area contributed by atoms with Crippen LogP contribution >= 0.6 is 11.3 Å². The van der Waals surface area contributed by atoms with E-state index in [9.17, 15) is 9.59 Å². The highest BCUT2D eigenvalue weighted by atomic mass is 32.1. The van der Waals surface area contributed by atoms with Gasteiger partial charge in [0.05, 0.1) is 0 Å².